The van der Waals surface area contributed by atoms with Gasteiger partial charge in [-0.2, -0.15) is 0 Å². The number of benzene rings is 1. The Bertz CT molecular complexity index is 385. The zero-order valence-corrected chi connectivity index (χ0v) is 10.0. The predicted octanol–water partition coefficient (Wildman–Crippen LogP) is 2.77. The van der Waals surface area contributed by atoms with Crippen LogP contribution in [0.5, 0.6) is 0 Å². The van der Waals surface area contributed by atoms with Gasteiger partial charge >= 0.3 is 6.03 Å². The van der Waals surface area contributed by atoms with E-state index in [9.17, 15) is 9.18 Å². The Morgan fingerprint density at radius 2 is 1.88 bits per heavy atom. The van der Waals surface area contributed by atoms with Crippen LogP contribution in [0.25, 0.3) is 0 Å². The van der Waals surface area contributed by atoms with Gasteiger partial charge in [0.2, 0.25) is 0 Å². The molecule has 3 nitrogen and oxygen atoms in total. The fraction of sp³-hybridized carbons (Fsp3) is 0.417. The van der Waals surface area contributed by atoms with Crippen molar-refractivity contribution < 1.29 is 9.18 Å². The van der Waals surface area contributed by atoms with Gasteiger partial charge in [-0.15, -0.1) is 0 Å². The second-order valence-electron chi connectivity index (χ2n) is 4.69. The molecule has 0 saturated carbocycles. The van der Waals surface area contributed by atoms with Gasteiger partial charge in [0.05, 0.1) is 5.69 Å². The summed E-state index contributed by atoms with van der Waals surface area (Å²) in [4.78, 5) is 13.0. The maximum Gasteiger partial charge on any atom is 0.322 e. The maximum atomic E-state index is 13.4. The van der Waals surface area contributed by atoms with Gasteiger partial charge in [0.25, 0.3) is 0 Å². The van der Waals surface area contributed by atoms with Crippen molar-refractivity contribution in [1.29, 1.82) is 0 Å². The van der Waals surface area contributed by atoms with Gasteiger partial charge in [-0.1, -0.05) is 12.1 Å². The van der Waals surface area contributed by atoms with E-state index >= 15 is 0 Å². The van der Waals surface area contributed by atoms with Crippen molar-refractivity contribution in [2.24, 2.45) is 0 Å². The lowest BCUT2D eigenvalue weighted by molar-refractivity contribution is 0.238. The van der Waals surface area contributed by atoms with Crippen molar-refractivity contribution >= 4 is 11.7 Å². The van der Waals surface area contributed by atoms with Gasteiger partial charge in [-0.3, -0.25) is 4.90 Å². The summed E-state index contributed by atoms with van der Waals surface area (Å²) in [5.41, 5.74) is -0.0689. The molecule has 88 valence electrons. The number of hydrogen-bond acceptors (Lipinski definition) is 1. The molecule has 0 fully saturated rings. The first-order valence-electron chi connectivity index (χ1n) is 5.11. The molecule has 0 saturated heterocycles. The molecule has 0 unspecified atom stereocenters. The molecule has 16 heavy (non-hydrogen) atoms. The number of nitrogens with zero attached hydrogens (tertiary/aromatic N) is 1. The number of nitrogens with one attached hydrogen (secondary N) is 1. The number of carbonyl (C=O) groups is 1. The normalized spacial score (nSPS) is 11.1. The molecule has 1 rings (SSSR count). The van der Waals surface area contributed by atoms with Crippen LogP contribution in [0.2, 0.25) is 0 Å². The van der Waals surface area contributed by atoms with Crippen molar-refractivity contribution in [2.45, 2.75) is 26.3 Å². The predicted molar refractivity (Wildman–Crippen MR) is 63.1 cm³/mol. The zero-order chi connectivity index (χ0) is 12.3. The summed E-state index contributed by atoms with van der Waals surface area (Å²) in [5.74, 6) is -0.408. The van der Waals surface area contributed by atoms with Crippen molar-refractivity contribution in [3.05, 3.63) is 30.1 Å². The highest BCUT2D eigenvalue weighted by Gasteiger charge is 2.19. The molecule has 2 amide bonds. The minimum atomic E-state index is -0.408. The molecule has 0 aromatic heterocycles. The summed E-state index contributed by atoms with van der Waals surface area (Å²) >= 11 is 0. The highest BCUT2D eigenvalue weighted by molar-refractivity contribution is 5.91. The highest BCUT2D eigenvalue weighted by atomic mass is 19.1. The molecule has 4 heteroatoms. The van der Waals surface area contributed by atoms with E-state index in [1.807, 2.05) is 20.8 Å². The van der Waals surface area contributed by atoms with E-state index in [0.29, 0.717) is 0 Å². The van der Waals surface area contributed by atoms with E-state index in [0.717, 1.165) is 0 Å². The van der Waals surface area contributed by atoms with Gasteiger partial charge in [0.15, 0.2) is 0 Å². The topological polar surface area (TPSA) is 32.3 Å². The number of halogens is 1. The maximum absolute atomic E-state index is 13.4. The number of rotatable bonds is 1. The summed E-state index contributed by atoms with van der Waals surface area (Å²) in [6.45, 7) is 5.63. The van der Waals surface area contributed by atoms with Crippen LogP contribution in [-0.2, 0) is 0 Å². The molecule has 1 aromatic rings. The van der Waals surface area contributed by atoms with Crippen LogP contribution in [0.15, 0.2) is 24.3 Å². The summed E-state index contributed by atoms with van der Waals surface area (Å²) in [5, 5.41) is 2.76. The number of urea groups is 1. The van der Waals surface area contributed by atoms with E-state index < -0.39 is 5.82 Å². The second kappa shape index (κ2) is 4.51. The standard InChI is InChI=1S/C12H17FN2O/c1-12(2,3)14-11(16)15(4)10-8-6-5-7-9(10)13/h5-8H,1-4H3,(H,14,16). The molecule has 0 aliphatic heterocycles. The first-order valence-corrected chi connectivity index (χ1v) is 5.11. The zero-order valence-electron chi connectivity index (χ0n) is 10.0. The van der Waals surface area contributed by atoms with Gasteiger partial charge in [-0.25, -0.2) is 9.18 Å². The van der Waals surface area contributed by atoms with Crippen molar-refractivity contribution in [3.63, 3.8) is 0 Å². The average molecular weight is 224 g/mol. The van der Waals surface area contributed by atoms with Crippen LogP contribution in [0, 0.1) is 5.82 Å². The van der Waals surface area contributed by atoms with Crippen LogP contribution >= 0.6 is 0 Å². The number of para-hydroxylation sites is 1. The Labute approximate surface area is 95.3 Å². The molecule has 1 aromatic carbocycles. The summed E-state index contributed by atoms with van der Waals surface area (Å²) < 4.78 is 13.4. The SMILES string of the molecule is CN(C(=O)NC(C)(C)C)c1ccccc1F. The number of anilines is 1. The lowest BCUT2D eigenvalue weighted by atomic mass is 10.1. The van der Waals surface area contributed by atoms with Gasteiger partial charge in [-0.05, 0) is 32.9 Å². The molecule has 0 heterocycles. The lowest BCUT2D eigenvalue weighted by Crippen LogP contribution is -2.47. The quantitative estimate of drug-likeness (QED) is 0.781. The third-order valence-corrected chi connectivity index (χ3v) is 2.00. The highest BCUT2D eigenvalue weighted by Crippen LogP contribution is 2.17. The summed E-state index contributed by atoms with van der Waals surface area (Å²) in [6, 6.07) is 5.86. The average Bonchev–Trinajstić information content (AvgIpc) is 2.15. The minimum absolute atomic E-state index is 0.268. The van der Waals surface area contributed by atoms with E-state index in [4.69, 9.17) is 0 Å². The van der Waals surface area contributed by atoms with Crippen LogP contribution in [0.4, 0.5) is 14.9 Å². The molecule has 0 aliphatic carbocycles. The Kier molecular flexibility index (Phi) is 3.52. The van der Waals surface area contributed by atoms with E-state index in [1.165, 1.54) is 11.0 Å². The first-order chi connectivity index (χ1) is 7.31. The fourth-order valence-electron chi connectivity index (χ4n) is 1.24. The Balaban J connectivity index is 2.83. The molecule has 0 radical (unpaired) electrons. The van der Waals surface area contributed by atoms with Crippen LogP contribution < -0.4 is 10.2 Å². The third kappa shape index (κ3) is 3.22. The van der Waals surface area contributed by atoms with Crippen LogP contribution in [0.3, 0.4) is 0 Å². The van der Waals surface area contributed by atoms with Crippen molar-refractivity contribution in [1.82, 2.24) is 5.32 Å². The molecular weight excluding hydrogens is 207 g/mol. The lowest BCUT2D eigenvalue weighted by Gasteiger charge is -2.25. The minimum Gasteiger partial charge on any atom is -0.333 e. The van der Waals surface area contributed by atoms with Gasteiger partial charge < -0.3 is 5.32 Å². The number of carbonyl (C=O) groups excluding carboxylic acids is 1. The molecule has 0 aliphatic rings. The summed E-state index contributed by atoms with van der Waals surface area (Å²) in [6.07, 6.45) is 0. The van der Waals surface area contributed by atoms with Crippen molar-refractivity contribution in [2.75, 3.05) is 11.9 Å². The van der Waals surface area contributed by atoms with Gasteiger partial charge in [0, 0.05) is 12.6 Å². The molecule has 0 bridgehead atoms. The largest absolute Gasteiger partial charge is 0.333 e. The van der Waals surface area contributed by atoms with Crippen LogP contribution in [0.1, 0.15) is 20.8 Å². The fourth-order valence-corrected chi connectivity index (χ4v) is 1.24. The Hall–Kier alpha value is -1.58. The van der Waals surface area contributed by atoms with E-state index in [-0.39, 0.29) is 17.3 Å². The first kappa shape index (κ1) is 12.5. The summed E-state index contributed by atoms with van der Waals surface area (Å²) in [7, 11) is 1.54. The van der Waals surface area contributed by atoms with Gasteiger partial charge in [0.1, 0.15) is 5.82 Å². The van der Waals surface area contributed by atoms with E-state index in [2.05, 4.69) is 5.32 Å². The van der Waals surface area contributed by atoms with Crippen molar-refractivity contribution in [3.8, 4) is 0 Å². The Morgan fingerprint density at radius 3 is 2.38 bits per heavy atom. The third-order valence-electron chi connectivity index (χ3n) is 2.00. The number of amides is 2. The molecular formula is C12H17FN2O. The van der Waals surface area contributed by atoms with E-state index in [1.54, 1.807) is 25.2 Å². The monoisotopic (exact) mass is 224 g/mol. The second-order valence-corrected chi connectivity index (χ2v) is 4.69. The molecule has 0 atom stereocenters. The Morgan fingerprint density at radius 1 is 1.31 bits per heavy atom. The molecule has 1 N–H and O–H groups in total. The molecule has 0 spiro atoms. The van der Waals surface area contributed by atoms with Crippen LogP contribution in [-0.4, -0.2) is 18.6 Å². The number of hydrogen-bond donors (Lipinski definition) is 1. The smallest absolute Gasteiger partial charge is 0.322 e.